The third kappa shape index (κ3) is 2.02. The minimum atomic E-state index is -0.722. The third-order valence-electron chi connectivity index (χ3n) is 1.80. The smallest absolute Gasteiger partial charge is 0.294 e. The Hall–Kier alpha value is -1.74. The van der Waals surface area contributed by atoms with Crippen molar-refractivity contribution in [3.63, 3.8) is 0 Å². The number of hydrogen-bond donors (Lipinski definition) is 0. The van der Waals surface area contributed by atoms with Crippen molar-refractivity contribution in [1.82, 2.24) is 0 Å². The van der Waals surface area contributed by atoms with E-state index in [4.69, 9.17) is 5.26 Å². The molecule has 0 aliphatic carbocycles. The van der Waals surface area contributed by atoms with Crippen molar-refractivity contribution >= 4 is 27.4 Å². The molecule has 1 rings (SSSR count). The van der Waals surface area contributed by atoms with Gasteiger partial charge in [-0.15, -0.1) is 0 Å². The van der Waals surface area contributed by atoms with E-state index in [0.29, 0.717) is 4.47 Å². The van der Waals surface area contributed by atoms with Crippen molar-refractivity contribution in [2.45, 2.75) is 6.92 Å². The maximum Gasteiger partial charge on any atom is 0.298 e. The highest BCUT2D eigenvalue weighted by Gasteiger charge is 2.24. The molecule has 1 aromatic carbocycles. The van der Waals surface area contributed by atoms with E-state index < -0.39 is 16.4 Å². The van der Waals surface area contributed by atoms with Crippen LogP contribution in [0.3, 0.4) is 0 Å². The number of nitro groups is 1. The molecule has 76 valence electrons. The quantitative estimate of drug-likeness (QED) is 0.469. The zero-order chi connectivity index (χ0) is 11.6. The van der Waals surface area contributed by atoms with Gasteiger partial charge in [-0.25, -0.2) is 0 Å². The molecule has 0 saturated carbocycles. The molecule has 15 heavy (non-hydrogen) atoms. The Morgan fingerprint density at radius 1 is 1.60 bits per heavy atom. The molecule has 0 aliphatic rings. The Kier molecular flexibility index (Phi) is 3.17. The molecule has 0 N–H and O–H groups in total. The Bertz CT molecular complexity index is 491. The molecule has 0 radical (unpaired) electrons. The van der Waals surface area contributed by atoms with E-state index in [1.165, 1.54) is 19.1 Å². The third-order valence-corrected chi connectivity index (χ3v) is 2.46. The highest BCUT2D eigenvalue weighted by molar-refractivity contribution is 9.10. The molecule has 0 amide bonds. The SMILES string of the molecule is CC(=O)c1ccc(Br)c(C#N)c1[N+](=O)[O-]. The summed E-state index contributed by atoms with van der Waals surface area (Å²) in [5.74, 6) is -0.439. The number of rotatable bonds is 2. The topological polar surface area (TPSA) is 84.0 Å². The normalized spacial score (nSPS) is 9.40. The predicted octanol–water partition coefficient (Wildman–Crippen LogP) is 2.43. The van der Waals surface area contributed by atoms with Crippen LogP contribution in [0.15, 0.2) is 16.6 Å². The Morgan fingerprint density at radius 2 is 2.20 bits per heavy atom. The number of carbonyl (C=O) groups excluding carboxylic acids is 1. The summed E-state index contributed by atoms with van der Waals surface area (Å²) in [5, 5.41) is 19.5. The van der Waals surface area contributed by atoms with Gasteiger partial charge in [0.1, 0.15) is 11.6 Å². The summed E-state index contributed by atoms with van der Waals surface area (Å²) in [6.45, 7) is 1.22. The number of nitriles is 1. The second-order valence-electron chi connectivity index (χ2n) is 2.74. The maximum atomic E-state index is 11.1. The van der Waals surface area contributed by atoms with Gasteiger partial charge in [-0.2, -0.15) is 5.26 Å². The van der Waals surface area contributed by atoms with E-state index in [0.717, 1.165) is 0 Å². The van der Waals surface area contributed by atoms with E-state index in [-0.39, 0.29) is 11.1 Å². The first-order chi connectivity index (χ1) is 6.99. The second-order valence-corrected chi connectivity index (χ2v) is 3.60. The second kappa shape index (κ2) is 4.19. The first-order valence-corrected chi connectivity index (χ1v) is 4.66. The summed E-state index contributed by atoms with van der Waals surface area (Å²) in [6.07, 6.45) is 0. The fourth-order valence-corrected chi connectivity index (χ4v) is 1.56. The average Bonchev–Trinajstić information content (AvgIpc) is 2.16. The van der Waals surface area contributed by atoms with Crippen molar-refractivity contribution in [2.75, 3.05) is 0 Å². The van der Waals surface area contributed by atoms with E-state index in [2.05, 4.69) is 15.9 Å². The molecule has 0 atom stereocenters. The molecular formula is C9H5BrN2O3. The van der Waals surface area contributed by atoms with Gasteiger partial charge in [0.25, 0.3) is 5.69 Å². The number of Topliss-reactive ketones (excluding diaryl/α,β-unsaturated/α-hetero) is 1. The summed E-state index contributed by atoms with van der Waals surface area (Å²) in [7, 11) is 0. The van der Waals surface area contributed by atoms with Crippen molar-refractivity contribution in [3.8, 4) is 6.07 Å². The van der Waals surface area contributed by atoms with Crippen molar-refractivity contribution in [3.05, 3.63) is 37.8 Å². The number of hydrogen-bond acceptors (Lipinski definition) is 4. The first kappa shape index (κ1) is 11.3. The van der Waals surface area contributed by atoms with E-state index >= 15 is 0 Å². The Morgan fingerprint density at radius 3 is 2.60 bits per heavy atom. The van der Waals surface area contributed by atoms with Crippen LogP contribution in [-0.4, -0.2) is 10.7 Å². The van der Waals surface area contributed by atoms with Crippen LogP contribution in [0.5, 0.6) is 0 Å². The molecular weight excluding hydrogens is 264 g/mol. The lowest BCUT2D eigenvalue weighted by Crippen LogP contribution is -2.03. The Labute approximate surface area is 93.6 Å². The summed E-state index contributed by atoms with van der Waals surface area (Å²) < 4.78 is 0.307. The van der Waals surface area contributed by atoms with Gasteiger partial charge in [0.2, 0.25) is 0 Å². The summed E-state index contributed by atoms with van der Waals surface area (Å²) in [6, 6.07) is 4.47. The van der Waals surface area contributed by atoms with Crippen LogP contribution in [0.1, 0.15) is 22.8 Å². The fraction of sp³-hybridized carbons (Fsp3) is 0.111. The molecule has 0 fully saturated rings. The molecule has 1 aromatic rings. The lowest BCUT2D eigenvalue weighted by Gasteiger charge is -2.01. The molecule has 5 nitrogen and oxygen atoms in total. The summed E-state index contributed by atoms with van der Waals surface area (Å²) in [5.41, 5.74) is -0.633. The van der Waals surface area contributed by atoms with Crippen molar-refractivity contribution < 1.29 is 9.72 Å². The number of halogens is 1. The molecule has 6 heteroatoms. The van der Waals surface area contributed by atoms with Crippen LogP contribution in [0.4, 0.5) is 5.69 Å². The Balaban J connectivity index is 3.66. The van der Waals surface area contributed by atoms with Crippen LogP contribution in [0.25, 0.3) is 0 Å². The predicted molar refractivity (Wildman–Crippen MR) is 55.5 cm³/mol. The van der Waals surface area contributed by atoms with Crippen LogP contribution < -0.4 is 0 Å². The van der Waals surface area contributed by atoms with Gasteiger partial charge in [0.05, 0.1) is 10.5 Å². The lowest BCUT2D eigenvalue weighted by atomic mass is 10.1. The molecule has 0 saturated heterocycles. The molecule has 0 aromatic heterocycles. The highest BCUT2D eigenvalue weighted by atomic mass is 79.9. The number of nitro benzene ring substituents is 1. The van der Waals surface area contributed by atoms with Crippen LogP contribution >= 0.6 is 15.9 Å². The van der Waals surface area contributed by atoms with Crippen LogP contribution in [0, 0.1) is 21.4 Å². The molecule has 0 unspecified atom stereocenters. The molecule has 0 heterocycles. The van der Waals surface area contributed by atoms with Crippen molar-refractivity contribution in [1.29, 1.82) is 5.26 Å². The molecule has 0 bridgehead atoms. The number of ketones is 1. The van der Waals surface area contributed by atoms with Gasteiger partial charge in [0.15, 0.2) is 5.78 Å². The number of nitrogens with zero attached hydrogens (tertiary/aromatic N) is 2. The van der Waals surface area contributed by atoms with Gasteiger partial charge < -0.3 is 0 Å². The van der Waals surface area contributed by atoms with E-state index in [1.807, 2.05) is 0 Å². The van der Waals surface area contributed by atoms with Gasteiger partial charge in [-0.05, 0) is 35.0 Å². The van der Waals surface area contributed by atoms with Crippen molar-refractivity contribution in [2.24, 2.45) is 0 Å². The fourth-order valence-electron chi connectivity index (χ4n) is 1.15. The standard InChI is InChI=1S/C9H5BrN2O3/c1-5(13)6-2-3-8(10)7(4-11)9(6)12(14)15/h2-3H,1H3. The molecule has 0 spiro atoms. The highest BCUT2D eigenvalue weighted by Crippen LogP contribution is 2.30. The van der Waals surface area contributed by atoms with Gasteiger partial charge >= 0.3 is 0 Å². The van der Waals surface area contributed by atoms with Crippen LogP contribution in [0.2, 0.25) is 0 Å². The average molecular weight is 269 g/mol. The molecule has 0 aliphatic heterocycles. The minimum absolute atomic E-state index is 0.0558. The van der Waals surface area contributed by atoms with E-state index in [9.17, 15) is 14.9 Å². The lowest BCUT2D eigenvalue weighted by molar-refractivity contribution is -0.385. The van der Waals surface area contributed by atoms with Gasteiger partial charge in [-0.1, -0.05) is 0 Å². The van der Waals surface area contributed by atoms with Crippen LogP contribution in [-0.2, 0) is 0 Å². The zero-order valence-electron chi connectivity index (χ0n) is 7.65. The maximum absolute atomic E-state index is 11.1. The summed E-state index contributed by atoms with van der Waals surface area (Å²) >= 11 is 3.02. The van der Waals surface area contributed by atoms with Gasteiger partial charge in [-0.3, -0.25) is 14.9 Å². The summed E-state index contributed by atoms with van der Waals surface area (Å²) in [4.78, 5) is 21.1. The number of benzene rings is 1. The monoisotopic (exact) mass is 268 g/mol. The zero-order valence-corrected chi connectivity index (χ0v) is 9.24. The number of carbonyl (C=O) groups is 1. The van der Waals surface area contributed by atoms with Gasteiger partial charge in [0, 0.05) is 4.47 Å². The largest absolute Gasteiger partial charge is 0.298 e. The van der Waals surface area contributed by atoms with E-state index in [1.54, 1.807) is 6.07 Å². The first-order valence-electron chi connectivity index (χ1n) is 3.87. The minimum Gasteiger partial charge on any atom is -0.294 e.